The largest absolute Gasteiger partial charge is 0.319 e. The summed E-state index contributed by atoms with van der Waals surface area (Å²) in [6.07, 6.45) is -0.810. The molecule has 0 saturated carbocycles. The van der Waals surface area contributed by atoms with Crippen molar-refractivity contribution in [1.29, 1.82) is 0 Å². The quantitative estimate of drug-likeness (QED) is 0.727. The number of hydrogen-bond donors (Lipinski definition) is 2. The minimum Gasteiger partial charge on any atom is -0.319 e. The topological polar surface area (TPSA) is 58.5 Å². The van der Waals surface area contributed by atoms with Gasteiger partial charge in [0.25, 0.3) is 0 Å². The normalized spacial score (nSPS) is 19.6. The van der Waals surface area contributed by atoms with Crippen LogP contribution in [0.4, 0.5) is 17.1 Å². The summed E-state index contributed by atoms with van der Waals surface area (Å²) in [7, 11) is 0. The lowest BCUT2D eigenvalue weighted by molar-refractivity contribution is 0.512. The summed E-state index contributed by atoms with van der Waals surface area (Å²) in [6, 6.07) is 25.8. The second-order valence-corrected chi connectivity index (χ2v) is 6.45. The highest BCUT2D eigenvalue weighted by molar-refractivity contribution is 6.30. The predicted molar refractivity (Wildman–Crippen MR) is 104 cm³/mol. The van der Waals surface area contributed by atoms with Crippen LogP contribution < -0.4 is 21.3 Å². The molecule has 0 fully saturated rings. The summed E-state index contributed by atoms with van der Waals surface area (Å²) in [6.45, 7) is 0. The first-order chi connectivity index (χ1) is 12.2. The van der Waals surface area contributed by atoms with Crippen LogP contribution in [-0.4, -0.2) is 6.29 Å². The van der Waals surface area contributed by atoms with Crippen molar-refractivity contribution in [1.82, 2.24) is 0 Å². The van der Waals surface area contributed by atoms with Gasteiger partial charge in [0.05, 0.1) is 5.69 Å². The molecule has 126 valence electrons. The number of nitrogens with two attached hydrogens (primary N) is 2. The van der Waals surface area contributed by atoms with Crippen molar-refractivity contribution in [3.05, 3.63) is 89.4 Å². The zero-order valence-corrected chi connectivity index (χ0v) is 14.3. The molecule has 2 atom stereocenters. The van der Waals surface area contributed by atoms with Gasteiger partial charge in [-0.25, -0.2) is 0 Å². The van der Waals surface area contributed by atoms with E-state index < -0.39 is 6.29 Å². The summed E-state index contributed by atoms with van der Waals surface area (Å²) < 4.78 is 0. The molecule has 1 aliphatic rings. The maximum absolute atomic E-state index is 6.67. The van der Waals surface area contributed by atoms with Gasteiger partial charge in [-0.05, 0) is 36.4 Å². The van der Waals surface area contributed by atoms with E-state index in [0.717, 1.165) is 22.6 Å². The maximum atomic E-state index is 6.67. The molecular formula is C20H19ClN4. The number of rotatable bonds is 2. The van der Waals surface area contributed by atoms with Crippen molar-refractivity contribution in [2.75, 3.05) is 9.80 Å². The SMILES string of the molecule is NC1c2ccccc2N(c2ccccc2)C(N)N1c1cccc(Cl)c1. The van der Waals surface area contributed by atoms with Crippen LogP contribution in [0.5, 0.6) is 0 Å². The van der Waals surface area contributed by atoms with E-state index in [1.54, 1.807) is 0 Å². The Bertz CT molecular complexity index is 884. The minimum absolute atomic E-state index is 0.357. The van der Waals surface area contributed by atoms with Crippen LogP contribution >= 0.6 is 11.6 Å². The van der Waals surface area contributed by atoms with Gasteiger partial charge < -0.3 is 15.5 Å². The number of halogens is 1. The molecule has 0 amide bonds. The van der Waals surface area contributed by atoms with Gasteiger partial charge in [-0.1, -0.05) is 54.1 Å². The number of fused-ring (bicyclic) bond motifs is 1. The van der Waals surface area contributed by atoms with Gasteiger partial charge in [0.1, 0.15) is 6.17 Å². The molecule has 0 aliphatic carbocycles. The van der Waals surface area contributed by atoms with Crippen LogP contribution in [0.25, 0.3) is 0 Å². The molecule has 0 saturated heterocycles. The van der Waals surface area contributed by atoms with E-state index in [1.165, 1.54) is 0 Å². The fourth-order valence-corrected chi connectivity index (χ4v) is 3.55. The van der Waals surface area contributed by atoms with E-state index in [9.17, 15) is 0 Å². The van der Waals surface area contributed by atoms with Crippen LogP contribution in [0.3, 0.4) is 0 Å². The molecule has 25 heavy (non-hydrogen) atoms. The molecule has 4 N–H and O–H groups in total. The average Bonchev–Trinajstić information content (AvgIpc) is 2.63. The molecule has 3 aromatic rings. The van der Waals surface area contributed by atoms with Gasteiger partial charge in [0.2, 0.25) is 0 Å². The molecule has 5 heteroatoms. The van der Waals surface area contributed by atoms with Gasteiger partial charge in [-0.15, -0.1) is 0 Å². The fourth-order valence-electron chi connectivity index (χ4n) is 3.37. The Morgan fingerprint density at radius 3 is 2.20 bits per heavy atom. The first kappa shape index (κ1) is 16.0. The van der Waals surface area contributed by atoms with Gasteiger partial charge in [-0.2, -0.15) is 0 Å². The van der Waals surface area contributed by atoms with Crippen LogP contribution in [0.1, 0.15) is 11.7 Å². The Balaban J connectivity index is 1.89. The first-order valence-electron chi connectivity index (χ1n) is 8.15. The van der Waals surface area contributed by atoms with Crippen molar-refractivity contribution in [3.8, 4) is 0 Å². The average molecular weight is 351 g/mol. The number of hydrogen-bond acceptors (Lipinski definition) is 4. The maximum Gasteiger partial charge on any atom is 0.161 e. The van der Waals surface area contributed by atoms with Gasteiger partial charge in [-0.3, -0.25) is 5.73 Å². The van der Waals surface area contributed by atoms with Crippen molar-refractivity contribution in [2.45, 2.75) is 12.5 Å². The highest BCUT2D eigenvalue weighted by atomic mass is 35.5. The molecule has 0 spiro atoms. The summed E-state index contributed by atoms with van der Waals surface area (Å²) in [5.74, 6) is 0. The molecule has 0 aromatic heterocycles. The highest BCUT2D eigenvalue weighted by Crippen LogP contribution is 2.41. The zero-order valence-electron chi connectivity index (χ0n) is 13.6. The standard InChI is InChI=1S/C20H19ClN4/c21-14-7-6-10-16(13-14)25-19(22)17-11-4-5-12-18(17)24(20(25)23)15-8-2-1-3-9-15/h1-13,19-20H,22-23H2. The number of para-hydroxylation sites is 2. The molecule has 1 heterocycles. The molecule has 0 radical (unpaired) electrons. The van der Waals surface area contributed by atoms with Crippen LogP contribution in [-0.2, 0) is 0 Å². The van der Waals surface area contributed by atoms with E-state index in [1.807, 2.05) is 77.7 Å². The van der Waals surface area contributed by atoms with Gasteiger partial charge >= 0.3 is 0 Å². The third-order valence-electron chi connectivity index (χ3n) is 4.50. The predicted octanol–water partition coefficient (Wildman–Crippen LogP) is 4.20. The third kappa shape index (κ3) is 2.74. The van der Waals surface area contributed by atoms with Crippen molar-refractivity contribution < 1.29 is 0 Å². The molecular weight excluding hydrogens is 332 g/mol. The van der Waals surface area contributed by atoms with Gasteiger partial charge in [0, 0.05) is 22.0 Å². The monoisotopic (exact) mass is 350 g/mol. The zero-order chi connectivity index (χ0) is 17.4. The van der Waals surface area contributed by atoms with E-state index >= 15 is 0 Å². The first-order valence-corrected chi connectivity index (χ1v) is 8.53. The van der Waals surface area contributed by atoms with Crippen LogP contribution in [0, 0.1) is 0 Å². The van der Waals surface area contributed by atoms with Crippen LogP contribution in [0.2, 0.25) is 5.02 Å². The Morgan fingerprint density at radius 1 is 0.760 bits per heavy atom. The molecule has 4 rings (SSSR count). The lowest BCUT2D eigenvalue weighted by Crippen LogP contribution is -2.59. The smallest absolute Gasteiger partial charge is 0.161 e. The Hall–Kier alpha value is -2.53. The third-order valence-corrected chi connectivity index (χ3v) is 4.74. The molecule has 1 aliphatic heterocycles. The minimum atomic E-state index is -0.453. The van der Waals surface area contributed by atoms with Crippen molar-refractivity contribution >= 4 is 28.7 Å². The van der Waals surface area contributed by atoms with E-state index in [2.05, 4.69) is 11.0 Å². The van der Waals surface area contributed by atoms with Gasteiger partial charge in [0.15, 0.2) is 6.29 Å². The lowest BCUT2D eigenvalue weighted by Gasteiger charge is -2.48. The Labute approximate surface area is 152 Å². The van der Waals surface area contributed by atoms with E-state index in [-0.39, 0.29) is 6.17 Å². The second-order valence-electron chi connectivity index (χ2n) is 6.01. The fraction of sp³-hybridized carbons (Fsp3) is 0.100. The molecule has 3 aromatic carbocycles. The van der Waals surface area contributed by atoms with Crippen molar-refractivity contribution in [3.63, 3.8) is 0 Å². The summed E-state index contributed by atoms with van der Waals surface area (Å²) in [5.41, 5.74) is 17.2. The highest BCUT2D eigenvalue weighted by Gasteiger charge is 2.36. The second kappa shape index (κ2) is 6.41. The molecule has 4 nitrogen and oxygen atoms in total. The number of benzene rings is 3. The summed E-state index contributed by atoms with van der Waals surface area (Å²) in [5, 5.41) is 0.655. The number of anilines is 3. The lowest BCUT2D eigenvalue weighted by atomic mass is 10.0. The molecule has 0 bridgehead atoms. The van der Waals surface area contributed by atoms with E-state index in [0.29, 0.717) is 5.02 Å². The summed E-state index contributed by atoms with van der Waals surface area (Å²) >= 11 is 6.19. The number of nitrogens with zero attached hydrogens (tertiary/aromatic N) is 2. The summed E-state index contributed by atoms with van der Waals surface area (Å²) in [4.78, 5) is 4.08. The van der Waals surface area contributed by atoms with Crippen LogP contribution in [0.15, 0.2) is 78.9 Å². The molecule has 2 unspecified atom stereocenters. The van der Waals surface area contributed by atoms with E-state index in [4.69, 9.17) is 23.1 Å². The Kier molecular flexibility index (Phi) is 4.09. The van der Waals surface area contributed by atoms with Crippen molar-refractivity contribution in [2.24, 2.45) is 11.5 Å². The Morgan fingerprint density at radius 2 is 1.44 bits per heavy atom.